The Balaban J connectivity index is 1.50. The van der Waals surface area contributed by atoms with E-state index in [4.69, 9.17) is 11.6 Å². The quantitative estimate of drug-likeness (QED) is 0.881. The van der Waals surface area contributed by atoms with Gasteiger partial charge >= 0.3 is 0 Å². The van der Waals surface area contributed by atoms with Crippen LogP contribution >= 0.6 is 11.6 Å². The zero-order valence-electron chi connectivity index (χ0n) is 14.5. The molecule has 3 rings (SSSR count). The molecule has 1 amide bonds. The predicted molar refractivity (Wildman–Crippen MR) is 102 cm³/mol. The highest BCUT2D eigenvalue weighted by Crippen LogP contribution is 2.22. The Kier molecular flexibility index (Phi) is 5.92. The van der Waals surface area contributed by atoms with Gasteiger partial charge in [0.25, 0.3) is 5.91 Å². The van der Waals surface area contributed by atoms with Crippen LogP contribution in [0.2, 0.25) is 5.02 Å². The maximum Gasteiger partial charge on any atom is 0.269 e. The normalized spacial score (nSPS) is 15.2. The molecule has 4 nitrogen and oxygen atoms in total. The van der Waals surface area contributed by atoms with Crippen molar-refractivity contribution in [1.82, 2.24) is 10.3 Å². The smallest absolute Gasteiger partial charge is 0.269 e. The van der Waals surface area contributed by atoms with Crippen LogP contribution in [0, 0.1) is 5.92 Å². The van der Waals surface area contributed by atoms with E-state index in [9.17, 15) is 4.79 Å². The van der Waals surface area contributed by atoms with Gasteiger partial charge in [0, 0.05) is 24.7 Å². The van der Waals surface area contributed by atoms with E-state index in [2.05, 4.69) is 22.1 Å². The number of benzene rings is 1. The number of nitrogens with one attached hydrogen (secondary N) is 1. The van der Waals surface area contributed by atoms with Gasteiger partial charge in [0.1, 0.15) is 5.69 Å². The van der Waals surface area contributed by atoms with Gasteiger partial charge in [0.05, 0.1) is 11.9 Å². The molecule has 25 heavy (non-hydrogen) atoms. The molecule has 0 bridgehead atoms. The van der Waals surface area contributed by atoms with E-state index >= 15 is 0 Å². The number of anilines is 1. The van der Waals surface area contributed by atoms with Crippen LogP contribution in [0.1, 0.15) is 35.8 Å². The number of pyridine rings is 1. The maximum absolute atomic E-state index is 12.2. The van der Waals surface area contributed by atoms with Crippen LogP contribution in [-0.4, -0.2) is 30.5 Å². The summed E-state index contributed by atoms with van der Waals surface area (Å²) in [5.74, 6) is 0.662. The van der Waals surface area contributed by atoms with Crippen molar-refractivity contribution in [2.45, 2.75) is 26.2 Å². The van der Waals surface area contributed by atoms with Crippen molar-refractivity contribution in [1.29, 1.82) is 0 Å². The Hall–Kier alpha value is -2.07. The molecule has 1 saturated heterocycles. The number of carbonyl (C=O) groups is 1. The third-order valence-corrected chi connectivity index (χ3v) is 4.95. The summed E-state index contributed by atoms with van der Waals surface area (Å²) in [5, 5.41) is 3.63. The largest absolute Gasteiger partial charge is 0.370 e. The lowest BCUT2D eigenvalue weighted by molar-refractivity contribution is 0.0949. The number of rotatable bonds is 5. The number of halogens is 1. The molecule has 0 saturated carbocycles. The summed E-state index contributed by atoms with van der Waals surface area (Å²) in [7, 11) is 0. The SMILES string of the molecule is CC1CCN(c2ccc(C(=O)NCCc3cccc(Cl)c3)nc2)CC1. The maximum atomic E-state index is 12.2. The molecule has 0 atom stereocenters. The molecule has 2 heterocycles. The average Bonchev–Trinajstić information content (AvgIpc) is 2.62. The van der Waals surface area contributed by atoms with Gasteiger partial charge in [-0.2, -0.15) is 0 Å². The minimum absolute atomic E-state index is 0.138. The molecule has 1 aromatic heterocycles. The van der Waals surface area contributed by atoms with Gasteiger partial charge in [-0.15, -0.1) is 0 Å². The molecule has 0 aliphatic carbocycles. The summed E-state index contributed by atoms with van der Waals surface area (Å²) >= 11 is 5.97. The van der Waals surface area contributed by atoms with Crippen LogP contribution in [0.4, 0.5) is 5.69 Å². The second kappa shape index (κ2) is 8.34. The van der Waals surface area contributed by atoms with Crippen molar-refractivity contribution in [3.05, 3.63) is 58.9 Å². The first-order chi connectivity index (χ1) is 12.1. The fraction of sp³-hybridized carbons (Fsp3) is 0.400. The highest BCUT2D eigenvalue weighted by atomic mass is 35.5. The molecular weight excluding hydrogens is 334 g/mol. The summed E-state index contributed by atoms with van der Waals surface area (Å²) < 4.78 is 0. The Morgan fingerprint density at radius 2 is 2.08 bits per heavy atom. The van der Waals surface area contributed by atoms with Gasteiger partial charge in [-0.25, -0.2) is 4.98 Å². The number of hydrogen-bond acceptors (Lipinski definition) is 3. The lowest BCUT2D eigenvalue weighted by atomic mass is 9.99. The molecule has 1 fully saturated rings. The zero-order chi connectivity index (χ0) is 17.6. The summed E-state index contributed by atoms with van der Waals surface area (Å²) in [6.45, 7) is 4.99. The van der Waals surface area contributed by atoms with Gasteiger partial charge in [0.2, 0.25) is 0 Å². The highest BCUT2D eigenvalue weighted by molar-refractivity contribution is 6.30. The van der Waals surface area contributed by atoms with E-state index in [1.165, 1.54) is 12.8 Å². The minimum Gasteiger partial charge on any atom is -0.370 e. The van der Waals surface area contributed by atoms with Crippen molar-refractivity contribution < 1.29 is 4.79 Å². The molecule has 1 aliphatic heterocycles. The number of piperidine rings is 1. The number of hydrogen-bond donors (Lipinski definition) is 1. The standard InChI is InChI=1S/C20H24ClN3O/c1-15-8-11-24(12-9-15)18-5-6-19(23-14-18)20(25)22-10-7-16-3-2-4-17(21)13-16/h2-6,13-15H,7-12H2,1H3,(H,22,25). The lowest BCUT2D eigenvalue weighted by Gasteiger charge is -2.31. The number of aromatic nitrogens is 1. The highest BCUT2D eigenvalue weighted by Gasteiger charge is 2.16. The van der Waals surface area contributed by atoms with Crippen LogP contribution in [0.5, 0.6) is 0 Å². The predicted octanol–water partition coefficient (Wildman–Crippen LogP) is 3.94. The first-order valence-corrected chi connectivity index (χ1v) is 9.23. The average molecular weight is 358 g/mol. The monoisotopic (exact) mass is 357 g/mol. The fourth-order valence-electron chi connectivity index (χ4n) is 3.08. The number of nitrogens with zero attached hydrogens (tertiary/aromatic N) is 2. The van der Waals surface area contributed by atoms with E-state index in [-0.39, 0.29) is 5.91 Å². The van der Waals surface area contributed by atoms with Crippen molar-refractivity contribution in [3.63, 3.8) is 0 Å². The van der Waals surface area contributed by atoms with Crippen molar-refractivity contribution in [2.24, 2.45) is 5.92 Å². The van der Waals surface area contributed by atoms with Crippen molar-refractivity contribution in [2.75, 3.05) is 24.5 Å². The molecule has 0 spiro atoms. The molecular formula is C20H24ClN3O. The van der Waals surface area contributed by atoms with Gasteiger partial charge in [-0.1, -0.05) is 30.7 Å². The third kappa shape index (κ3) is 4.95. The van der Waals surface area contributed by atoms with E-state index in [0.29, 0.717) is 17.3 Å². The first kappa shape index (κ1) is 17.7. The van der Waals surface area contributed by atoms with E-state index in [1.54, 1.807) is 0 Å². The van der Waals surface area contributed by atoms with Crippen molar-refractivity contribution >= 4 is 23.2 Å². The molecule has 1 aliphatic rings. The lowest BCUT2D eigenvalue weighted by Crippen LogP contribution is -2.33. The molecule has 5 heteroatoms. The molecule has 1 aromatic carbocycles. The molecule has 132 valence electrons. The van der Waals surface area contributed by atoms with E-state index < -0.39 is 0 Å². The molecule has 0 radical (unpaired) electrons. The van der Waals surface area contributed by atoms with Crippen LogP contribution in [0.15, 0.2) is 42.6 Å². The van der Waals surface area contributed by atoms with E-state index in [0.717, 1.165) is 36.7 Å². The summed E-state index contributed by atoms with van der Waals surface area (Å²) in [6, 6.07) is 11.5. The fourth-order valence-corrected chi connectivity index (χ4v) is 3.29. The van der Waals surface area contributed by atoms with Gasteiger partial charge < -0.3 is 10.2 Å². The van der Waals surface area contributed by atoms with Gasteiger partial charge in [-0.05, 0) is 55.0 Å². The number of carbonyl (C=O) groups excluding carboxylic acids is 1. The Labute approximate surface area is 154 Å². The Morgan fingerprint density at radius 1 is 1.28 bits per heavy atom. The summed E-state index contributed by atoms with van der Waals surface area (Å²) in [5.41, 5.74) is 2.66. The zero-order valence-corrected chi connectivity index (χ0v) is 15.3. The van der Waals surface area contributed by atoms with Gasteiger partial charge in [-0.3, -0.25) is 4.79 Å². The topological polar surface area (TPSA) is 45.2 Å². The third-order valence-electron chi connectivity index (χ3n) is 4.72. The molecule has 2 aromatic rings. The summed E-state index contributed by atoms with van der Waals surface area (Å²) in [6.07, 6.45) is 4.98. The van der Waals surface area contributed by atoms with Crippen LogP contribution < -0.4 is 10.2 Å². The number of amides is 1. The first-order valence-electron chi connectivity index (χ1n) is 8.85. The van der Waals surface area contributed by atoms with Crippen molar-refractivity contribution in [3.8, 4) is 0 Å². The Bertz CT molecular complexity index is 709. The van der Waals surface area contributed by atoms with Gasteiger partial charge in [0.15, 0.2) is 0 Å². The minimum atomic E-state index is -0.138. The molecule has 0 unspecified atom stereocenters. The molecule has 1 N–H and O–H groups in total. The van der Waals surface area contributed by atoms with Crippen LogP contribution in [0.3, 0.4) is 0 Å². The Morgan fingerprint density at radius 3 is 2.76 bits per heavy atom. The van der Waals surface area contributed by atoms with Crippen LogP contribution in [-0.2, 0) is 6.42 Å². The van der Waals surface area contributed by atoms with Crippen LogP contribution in [0.25, 0.3) is 0 Å². The van der Waals surface area contributed by atoms with E-state index in [1.807, 2.05) is 42.6 Å². The second-order valence-electron chi connectivity index (χ2n) is 6.71. The second-order valence-corrected chi connectivity index (χ2v) is 7.14. The summed E-state index contributed by atoms with van der Waals surface area (Å²) in [4.78, 5) is 18.9.